The van der Waals surface area contributed by atoms with Crippen LogP contribution in [0.1, 0.15) is 49.3 Å². The van der Waals surface area contributed by atoms with Gasteiger partial charge in [-0.25, -0.2) is 4.79 Å². The van der Waals surface area contributed by atoms with Crippen molar-refractivity contribution in [2.24, 2.45) is 11.8 Å². The van der Waals surface area contributed by atoms with Crippen LogP contribution in [0.15, 0.2) is 6.20 Å². The lowest BCUT2D eigenvalue weighted by atomic mass is 9.95. The highest BCUT2D eigenvalue weighted by Gasteiger charge is 2.43. The normalized spacial score (nSPS) is 27.8. The number of rotatable bonds is 4. The molecule has 3 unspecified atom stereocenters. The Labute approximate surface area is 116 Å². The molecule has 20 heavy (non-hydrogen) atoms. The number of esters is 1. The van der Waals surface area contributed by atoms with Crippen LogP contribution in [0.25, 0.3) is 0 Å². The zero-order valence-electron chi connectivity index (χ0n) is 11.3. The van der Waals surface area contributed by atoms with Crippen LogP contribution in [0.3, 0.4) is 0 Å². The minimum absolute atomic E-state index is 0.0658. The van der Waals surface area contributed by atoms with Gasteiger partial charge in [0.25, 0.3) is 0 Å². The fourth-order valence-electron chi connectivity index (χ4n) is 3.62. The Bertz CT molecular complexity index is 554. The molecule has 3 rings (SSSR count). The molecule has 2 aliphatic carbocycles. The monoisotopic (exact) mass is 279 g/mol. The zero-order chi connectivity index (χ0) is 14.3. The third-order valence-electron chi connectivity index (χ3n) is 4.42. The summed E-state index contributed by atoms with van der Waals surface area (Å²) in [5.74, 6) is 0.388. The summed E-state index contributed by atoms with van der Waals surface area (Å²) >= 11 is 0. The molecule has 1 heterocycles. The SMILES string of the molecule is CCOC(=O)c1nc([N+](=O)[O-])cn1C1CC2CCC1C2. The Morgan fingerprint density at radius 2 is 2.35 bits per heavy atom. The lowest BCUT2D eigenvalue weighted by Gasteiger charge is -2.22. The van der Waals surface area contributed by atoms with E-state index in [2.05, 4.69) is 4.98 Å². The molecular formula is C13H17N3O4. The molecule has 2 aliphatic rings. The highest BCUT2D eigenvalue weighted by Crippen LogP contribution is 2.51. The molecule has 7 heteroatoms. The van der Waals surface area contributed by atoms with Gasteiger partial charge in [-0.05, 0) is 47.9 Å². The Morgan fingerprint density at radius 3 is 2.90 bits per heavy atom. The number of aromatic nitrogens is 2. The molecular weight excluding hydrogens is 262 g/mol. The third-order valence-corrected chi connectivity index (χ3v) is 4.42. The second-order valence-corrected chi connectivity index (χ2v) is 5.55. The number of nitro groups is 1. The summed E-state index contributed by atoms with van der Waals surface area (Å²) in [5, 5.41) is 10.9. The molecule has 3 atom stereocenters. The number of carbonyl (C=O) groups is 1. The number of ether oxygens (including phenoxy) is 1. The van der Waals surface area contributed by atoms with E-state index in [-0.39, 0.29) is 24.3 Å². The average Bonchev–Trinajstić information content (AvgIpc) is 3.13. The van der Waals surface area contributed by atoms with Gasteiger partial charge in [0.05, 0.1) is 6.61 Å². The molecule has 0 aliphatic heterocycles. The molecule has 2 saturated carbocycles. The van der Waals surface area contributed by atoms with Gasteiger partial charge < -0.3 is 14.9 Å². The summed E-state index contributed by atoms with van der Waals surface area (Å²) in [6, 6.07) is 0.148. The van der Waals surface area contributed by atoms with Crippen molar-refractivity contribution in [3.8, 4) is 0 Å². The second-order valence-electron chi connectivity index (χ2n) is 5.55. The third kappa shape index (κ3) is 2.07. The van der Waals surface area contributed by atoms with Crippen molar-refractivity contribution in [2.45, 2.75) is 38.6 Å². The summed E-state index contributed by atoms with van der Waals surface area (Å²) in [5.41, 5.74) is 0. The molecule has 108 valence electrons. The molecule has 0 saturated heterocycles. The topological polar surface area (TPSA) is 87.3 Å². The summed E-state index contributed by atoms with van der Waals surface area (Å²) in [6.45, 7) is 1.94. The highest BCUT2D eigenvalue weighted by molar-refractivity contribution is 5.86. The Morgan fingerprint density at radius 1 is 1.55 bits per heavy atom. The first-order valence-electron chi connectivity index (χ1n) is 7.00. The minimum atomic E-state index is -0.580. The Kier molecular flexibility index (Phi) is 3.19. The van der Waals surface area contributed by atoms with Crippen molar-refractivity contribution >= 4 is 11.8 Å². The van der Waals surface area contributed by atoms with Crippen LogP contribution in [0.4, 0.5) is 5.82 Å². The van der Waals surface area contributed by atoms with E-state index < -0.39 is 10.9 Å². The second kappa shape index (κ2) is 4.88. The molecule has 2 fully saturated rings. The van der Waals surface area contributed by atoms with Gasteiger partial charge in [0.2, 0.25) is 0 Å². The van der Waals surface area contributed by atoms with E-state index in [9.17, 15) is 14.9 Å². The average molecular weight is 279 g/mol. The summed E-state index contributed by atoms with van der Waals surface area (Å²) in [4.78, 5) is 26.1. The van der Waals surface area contributed by atoms with E-state index in [1.165, 1.54) is 12.6 Å². The molecule has 0 N–H and O–H groups in total. The van der Waals surface area contributed by atoms with Crippen LogP contribution in [0.2, 0.25) is 0 Å². The number of nitrogens with zero attached hydrogens (tertiary/aromatic N) is 3. The number of imidazole rings is 1. The first kappa shape index (κ1) is 13.1. The van der Waals surface area contributed by atoms with Crippen LogP contribution in [0.5, 0.6) is 0 Å². The predicted octanol–water partition coefficient (Wildman–Crippen LogP) is 2.33. The van der Waals surface area contributed by atoms with E-state index >= 15 is 0 Å². The van der Waals surface area contributed by atoms with Crippen LogP contribution in [-0.4, -0.2) is 27.1 Å². The first-order chi connectivity index (χ1) is 9.60. The standard InChI is InChI=1S/C13H17N3O4/c1-2-20-13(17)12-14-11(16(18)19)7-15(12)10-6-8-3-4-9(10)5-8/h7-10H,2-6H2,1H3. The lowest BCUT2D eigenvalue weighted by molar-refractivity contribution is -0.389. The largest absolute Gasteiger partial charge is 0.458 e. The number of hydrogen-bond acceptors (Lipinski definition) is 5. The van der Waals surface area contributed by atoms with E-state index in [0.29, 0.717) is 11.8 Å². The van der Waals surface area contributed by atoms with Gasteiger partial charge in [0.15, 0.2) is 0 Å². The molecule has 1 aromatic rings. The molecule has 1 aromatic heterocycles. The quantitative estimate of drug-likeness (QED) is 0.479. The smallest absolute Gasteiger partial charge is 0.401 e. The van der Waals surface area contributed by atoms with Gasteiger partial charge in [0, 0.05) is 6.04 Å². The highest BCUT2D eigenvalue weighted by atomic mass is 16.6. The van der Waals surface area contributed by atoms with Gasteiger partial charge in [-0.1, -0.05) is 6.42 Å². The van der Waals surface area contributed by atoms with Crippen molar-refractivity contribution in [3.05, 3.63) is 22.1 Å². The fourth-order valence-corrected chi connectivity index (χ4v) is 3.62. The maximum Gasteiger partial charge on any atom is 0.401 e. The van der Waals surface area contributed by atoms with Gasteiger partial charge in [-0.2, -0.15) is 0 Å². The van der Waals surface area contributed by atoms with E-state index in [4.69, 9.17) is 4.74 Å². The summed E-state index contributed by atoms with van der Waals surface area (Å²) in [6.07, 6.45) is 5.87. The maximum atomic E-state index is 11.9. The van der Waals surface area contributed by atoms with E-state index in [0.717, 1.165) is 19.3 Å². The maximum absolute atomic E-state index is 11.9. The molecule has 2 bridgehead atoms. The van der Waals surface area contributed by atoms with Crippen LogP contribution in [-0.2, 0) is 4.74 Å². The van der Waals surface area contributed by atoms with Gasteiger partial charge >= 0.3 is 17.6 Å². The van der Waals surface area contributed by atoms with Crippen molar-refractivity contribution in [3.63, 3.8) is 0 Å². The van der Waals surface area contributed by atoms with E-state index in [1.54, 1.807) is 11.5 Å². The Hall–Kier alpha value is -1.92. The number of carbonyl (C=O) groups excluding carboxylic acids is 1. The van der Waals surface area contributed by atoms with Crippen LogP contribution >= 0.6 is 0 Å². The lowest BCUT2D eigenvalue weighted by Crippen LogP contribution is -2.21. The van der Waals surface area contributed by atoms with Gasteiger partial charge in [0.1, 0.15) is 6.20 Å². The number of hydrogen-bond donors (Lipinski definition) is 0. The molecule has 0 aromatic carbocycles. The van der Waals surface area contributed by atoms with Crippen molar-refractivity contribution in [1.29, 1.82) is 0 Å². The molecule has 0 radical (unpaired) electrons. The fraction of sp³-hybridized carbons (Fsp3) is 0.692. The van der Waals surface area contributed by atoms with Gasteiger partial charge in [-0.15, -0.1) is 0 Å². The Balaban J connectivity index is 1.95. The minimum Gasteiger partial charge on any atom is -0.458 e. The number of fused-ring (bicyclic) bond motifs is 2. The zero-order valence-corrected chi connectivity index (χ0v) is 11.3. The summed E-state index contributed by atoms with van der Waals surface area (Å²) < 4.78 is 6.64. The van der Waals surface area contributed by atoms with Crippen LogP contribution in [0, 0.1) is 22.0 Å². The summed E-state index contributed by atoms with van der Waals surface area (Å²) in [7, 11) is 0. The van der Waals surface area contributed by atoms with Crippen molar-refractivity contribution in [1.82, 2.24) is 9.55 Å². The first-order valence-corrected chi connectivity index (χ1v) is 7.00. The van der Waals surface area contributed by atoms with Gasteiger partial charge in [-0.3, -0.25) is 4.57 Å². The predicted molar refractivity (Wildman–Crippen MR) is 69.3 cm³/mol. The van der Waals surface area contributed by atoms with Crippen molar-refractivity contribution < 1.29 is 14.5 Å². The molecule has 7 nitrogen and oxygen atoms in total. The molecule has 0 spiro atoms. The van der Waals surface area contributed by atoms with Crippen molar-refractivity contribution in [2.75, 3.05) is 6.61 Å². The van der Waals surface area contributed by atoms with E-state index in [1.807, 2.05) is 0 Å². The van der Waals surface area contributed by atoms with Crippen LogP contribution < -0.4 is 0 Å². The molecule has 0 amide bonds.